The van der Waals surface area contributed by atoms with Crippen LogP contribution in [0.2, 0.25) is 0 Å². The average Bonchev–Trinajstić information content (AvgIpc) is 3.12. The third-order valence-electron chi connectivity index (χ3n) is 2.46. The van der Waals surface area contributed by atoms with Crippen molar-refractivity contribution in [1.82, 2.24) is 9.97 Å². The van der Waals surface area contributed by atoms with E-state index in [1.807, 2.05) is 24.7 Å². The molecule has 3 aromatic rings. The van der Waals surface area contributed by atoms with E-state index in [1.165, 1.54) is 0 Å². The summed E-state index contributed by atoms with van der Waals surface area (Å²) in [5.41, 5.74) is 2.08. The van der Waals surface area contributed by atoms with Gasteiger partial charge in [-0.1, -0.05) is 0 Å². The molecule has 0 aliphatic carbocycles. The smallest absolute Gasteiger partial charge is 0.185 e. The summed E-state index contributed by atoms with van der Waals surface area (Å²) in [6.07, 6.45) is 5.19. The molecular formula is C12H11N3OS2. The van der Waals surface area contributed by atoms with Gasteiger partial charge in [-0.3, -0.25) is 0 Å². The van der Waals surface area contributed by atoms with Crippen molar-refractivity contribution in [2.45, 2.75) is 6.54 Å². The highest BCUT2D eigenvalue weighted by Gasteiger charge is 2.09. The lowest BCUT2D eigenvalue weighted by atomic mass is 10.3. The van der Waals surface area contributed by atoms with E-state index >= 15 is 0 Å². The molecule has 0 unspecified atom stereocenters. The van der Waals surface area contributed by atoms with E-state index in [0.29, 0.717) is 0 Å². The Labute approximate surface area is 113 Å². The quantitative estimate of drug-likeness (QED) is 0.732. The first kappa shape index (κ1) is 11.4. The van der Waals surface area contributed by atoms with Crippen LogP contribution in [0.15, 0.2) is 40.0 Å². The lowest BCUT2D eigenvalue weighted by Gasteiger charge is -2.13. The van der Waals surface area contributed by atoms with Crippen molar-refractivity contribution in [3.05, 3.63) is 41.2 Å². The maximum absolute atomic E-state index is 5.07. The summed E-state index contributed by atoms with van der Waals surface area (Å²) in [4.78, 5) is 11.0. The molecule has 18 heavy (non-hydrogen) atoms. The Balaban J connectivity index is 1.74. The number of aromatic nitrogens is 2. The standard InChI is InChI=1S/C12H11N3OS2/c1-15(12-13-3-5-17-12)6-10-8-18-11(14-10)9-2-4-16-7-9/h2-5,7-8H,6H2,1H3. The maximum atomic E-state index is 5.07. The van der Waals surface area contributed by atoms with E-state index < -0.39 is 0 Å². The molecule has 0 radical (unpaired) electrons. The fraction of sp³-hybridized carbons (Fsp3) is 0.167. The number of nitrogens with zero attached hydrogens (tertiary/aromatic N) is 3. The normalized spacial score (nSPS) is 10.7. The Kier molecular flexibility index (Phi) is 3.12. The SMILES string of the molecule is CN(Cc1csc(-c2ccoc2)n1)c1nccs1. The van der Waals surface area contributed by atoms with Gasteiger partial charge in [-0.15, -0.1) is 22.7 Å². The highest BCUT2D eigenvalue weighted by molar-refractivity contribution is 7.13. The third kappa shape index (κ3) is 2.30. The maximum Gasteiger partial charge on any atom is 0.185 e. The van der Waals surface area contributed by atoms with E-state index in [9.17, 15) is 0 Å². The van der Waals surface area contributed by atoms with Gasteiger partial charge in [0.05, 0.1) is 18.5 Å². The zero-order valence-electron chi connectivity index (χ0n) is 9.74. The fourth-order valence-corrected chi connectivity index (χ4v) is 3.02. The summed E-state index contributed by atoms with van der Waals surface area (Å²) in [5, 5.41) is 6.05. The fourth-order valence-electron chi connectivity index (χ4n) is 1.61. The molecule has 3 aromatic heterocycles. The van der Waals surface area contributed by atoms with Gasteiger partial charge in [-0.2, -0.15) is 0 Å². The molecule has 0 N–H and O–H groups in total. The summed E-state index contributed by atoms with van der Waals surface area (Å²) >= 11 is 3.26. The van der Waals surface area contributed by atoms with E-state index in [2.05, 4.69) is 20.2 Å². The molecule has 4 nitrogen and oxygen atoms in total. The van der Waals surface area contributed by atoms with Crippen LogP contribution in [0.1, 0.15) is 5.69 Å². The number of rotatable bonds is 4. The lowest BCUT2D eigenvalue weighted by molar-refractivity contribution is 0.568. The summed E-state index contributed by atoms with van der Waals surface area (Å²) in [6, 6.07) is 1.92. The van der Waals surface area contributed by atoms with Crippen LogP contribution in [0, 0.1) is 0 Å². The lowest BCUT2D eigenvalue weighted by Crippen LogP contribution is -2.16. The number of hydrogen-bond donors (Lipinski definition) is 0. The molecule has 0 aromatic carbocycles. The molecule has 0 bridgehead atoms. The minimum absolute atomic E-state index is 0.766. The Bertz CT molecular complexity index is 601. The number of thiazole rings is 2. The Morgan fingerprint density at radius 2 is 2.33 bits per heavy atom. The second-order valence-electron chi connectivity index (χ2n) is 3.83. The molecule has 0 fully saturated rings. The summed E-state index contributed by atoms with van der Waals surface area (Å²) < 4.78 is 5.07. The van der Waals surface area contributed by atoms with Gasteiger partial charge in [-0.05, 0) is 6.07 Å². The molecule has 0 aliphatic heterocycles. The van der Waals surface area contributed by atoms with E-state index in [0.717, 1.165) is 27.9 Å². The van der Waals surface area contributed by atoms with E-state index in [-0.39, 0.29) is 0 Å². The second kappa shape index (κ2) is 4.91. The van der Waals surface area contributed by atoms with Crippen molar-refractivity contribution in [1.29, 1.82) is 0 Å². The first-order valence-electron chi connectivity index (χ1n) is 5.40. The molecule has 3 heterocycles. The molecule has 0 aliphatic rings. The highest BCUT2D eigenvalue weighted by atomic mass is 32.1. The first-order chi connectivity index (χ1) is 8.83. The van der Waals surface area contributed by atoms with Crippen LogP contribution >= 0.6 is 22.7 Å². The molecule has 92 valence electrons. The van der Waals surface area contributed by atoms with Crippen molar-refractivity contribution in [3.8, 4) is 10.6 Å². The Morgan fingerprint density at radius 3 is 3.06 bits per heavy atom. The van der Waals surface area contributed by atoms with Crippen LogP contribution in [-0.4, -0.2) is 17.0 Å². The highest BCUT2D eigenvalue weighted by Crippen LogP contribution is 2.25. The predicted octanol–water partition coefficient (Wildman–Crippen LogP) is 3.50. The van der Waals surface area contributed by atoms with Crippen molar-refractivity contribution < 1.29 is 4.42 Å². The van der Waals surface area contributed by atoms with E-state index in [1.54, 1.807) is 35.2 Å². The van der Waals surface area contributed by atoms with Gasteiger partial charge in [0.1, 0.15) is 11.3 Å². The third-order valence-corrected chi connectivity index (χ3v) is 4.29. The minimum atomic E-state index is 0.766. The zero-order chi connectivity index (χ0) is 12.4. The average molecular weight is 277 g/mol. The van der Waals surface area contributed by atoms with E-state index in [4.69, 9.17) is 4.42 Å². The number of anilines is 1. The van der Waals surface area contributed by atoms with Gasteiger partial charge in [-0.25, -0.2) is 9.97 Å². The van der Waals surface area contributed by atoms with Crippen LogP contribution < -0.4 is 4.90 Å². The van der Waals surface area contributed by atoms with Gasteiger partial charge >= 0.3 is 0 Å². The van der Waals surface area contributed by atoms with Crippen LogP contribution in [0.4, 0.5) is 5.13 Å². The molecular weight excluding hydrogens is 266 g/mol. The summed E-state index contributed by atoms with van der Waals surface area (Å²) in [6.45, 7) is 0.766. The van der Waals surface area contributed by atoms with Crippen LogP contribution in [-0.2, 0) is 6.54 Å². The van der Waals surface area contributed by atoms with Crippen molar-refractivity contribution in [2.75, 3.05) is 11.9 Å². The van der Waals surface area contributed by atoms with Crippen LogP contribution in [0.25, 0.3) is 10.6 Å². The van der Waals surface area contributed by atoms with Gasteiger partial charge in [0.25, 0.3) is 0 Å². The molecule has 6 heteroatoms. The minimum Gasteiger partial charge on any atom is -0.472 e. The molecule has 0 atom stereocenters. The molecule has 0 amide bonds. The molecule has 0 saturated heterocycles. The monoisotopic (exact) mass is 277 g/mol. The summed E-state index contributed by atoms with van der Waals surface area (Å²) in [5.74, 6) is 0. The molecule has 0 saturated carbocycles. The number of hydrogen-bond acceptors (Lipinski definition) is 6. The van der Waals surface area contributed by atoms with Crippen LogP contribution in [0.5, 0.6) is 0 Å². The van der Waals surface area contributed by atoms with Crippen molar-refractivity contribution >= 4 is 27.8 Å². The zero-order valence-corrected chi connectivity index (χ0v) is 11.4. The number of furan rings is 1. The second-order valence-corrected chi connectivity index (χ2v) is 5.56. The Morgan fingerprint density at radius 1 is 1.39 bits per heavy atom. The molecule has 0 spiro atoms. The molecule has 3 rings (SSSR count). The van der Waals surface area contributed by atoms with Crippen LogP contribution in [0.3, 0.4) is 0 Å². The van der Waals surface area contributed by atoms with Gasteiger partial charge in [0.2, 0.25) is 0 Å². The predicted molar refractivity (Wildman–Crippen MR) is 74.0 cm³/mol. The topological polar surface area (TPSA) is 42.2 Å². The largest absolute Gasteiger partial charge is 0.472 e. The Hall–Kier alpha value is -1.66. The van der Waals surface area contributed by atoms with Gasteiger partial charge in [0.15, 0.2) is 5.13 Å². The van der Waals surface area contributed by atoms with Gasteiger partial charge in [0, 0.05) is 29.6 Å². The summed E-state index contributed by atoms with van der Waals surface area (Å²) in [7, 11) is 2.02. The van der Waals surface area contributed by atoms with Crippen molar-refractivity contribution in [2.24, 2.45) is 0 Å². The van der Waals surface area contributed by atoms with Crippen molar-refractivity contribution in [3.63, 3.8) is 0 Å². The van der Waals surface area contributed by atoms with Gasteiger partial charge < -0.3 is 9.32 Å². The first-order valence-corrected chi connectivity index (χ1v) is 7.16.